The van der Waals surface area contributed by atoms with E-state index in [4.69, 9.17) is 42.6 Å². The maximum Gasteiger partial charge on any atom is 0.217 e. The number of benzene rings is 5. The molecule has 0 aliphatic carbocycles. The molecule has 5 aromatic carbocycles. The molecule has 1 N–H and O–H groups in total. The maximum absolute atomic E-state index is 13.1. The third-order valence-corrected chi connectivity index (χ3v) is 10.9. The van der Waals surface area contributed by atoms with Gasteiger partial charge in [0.25, 0.3) is 0 Å². The molecule has 0 radical (unpaired) electrons. The van der Waals surface area contributed by atoms with Gasteiger partial charge < -0.3 is 47.9 Å². The van der Waals surface area contributed by atoms with Gasteiger partial charge in [-0.2, -0.15) is 0 Å². The molecule has 3 fully saturated rings. The van der Waals surface area contributed by atoms with E-state index < -0.39 is 67.6 Å². The third-order valence-electron chi connectivity index (χ3n) is 10.9. The van der Waals surface area contributed by atoms with Gasteiger partial charge in [-0.05, 0) is 29.2 Å². The fourth-order valence-corrected chi connectivity index (χ4v) is 7.93. The molecular formula is C49H53NO10. The molecule has 5 aromatic rings. The first-order valence-electron chi connectivity index (χ1n) is 20.7. The lowest BCUT2D eigenvalue weighted by molar-refractivity contribution is -0.383. The van der Waals surface area contributed by atoms with Crippen LogP contribution in [0.4, 0.5) is 0 Å². The second-order valence-electron chi connectivity index (χ2n) is 15.3. The Balaban J connectivity index is 1.14. The van der Waals surface area contributed by atoms with Crippen LogP contribution in [0.3, 0.4) is 0 Å². The first-order chi connectivity index (χ1) is 29.5. The van der Waals surface area contributed by atoms with Crippen molar-refractivity contribution < 1.29 is 47.4 Å². The first-order valence-corrected chi connectivity index (χ1v) is 20.7. The Morgan fingerprint density at radius 3 is 1.53 bits per heavy atom. The molecule has 11 heteroatoms. The van der Waals surface area contributed by atoms with Crippen LogP contribution in [0.1, 0.15) is 48.0 Å². The highest BCUT2D eigenvalue weighted by molar-refractivity contribution is 5.73. The Labute approximate surface area is 351 Å². The van der Waals surface area contributed by atoms with Crippen LogP contribution < -0.4 is 5.32 Å². The second kappa shape index (κ2) is 20.7. The lowest BCUT2D eigenvalue weighted by Crippen LogP contribution is -2.69. The number of amides is 1. The summed E-state index contributed by atoms with van der Waals surface area (Å²) in [5.74, 6) is -0.288. The normalized spacial score (nSPS) is 29.0. The number of fused-ring (bicyclic) bond motifs is 1. The number of hydrogen-bond acceptors (Lipinski definition) is 10. The van der Waals surface area contributed by atoms with Gasteiger partial charge in [0.2, 0.25) is 5.91 Å². The van der Waals surface area contributed by atoms with Gasteiger partial charge in [0, 0.05) is 12.5 Å². The minimum Gasteiger partial charge on any atom is -0.368 e. The minimum absolute atomic E-state index is 0.191. The van der Waals surface area contributed by atoms with E-state index >= 15 is 0 Å². The summed E-state index contributed by atoms with van der Waals surface area (Å²) >= 11 is 0. The minimum atomic E-state index is -1.02. The molecule has 4 unspecified atom stereocenters. The predicted octanol–water partition coefficient (Wildman–Crippen LogP) is 7.43. The van der Waals surface area contributed by atoms with E-state index in [1.807, 2.05) is 159 Å². The first kappa shape index (κ1) is 41.9. The van der Waals surface area contributed by atoms with Crippen molar-refractivity contribution in [1.29, 1.82) is 0 Å². The van der Waals surface area contributed by atoms with Crippen LogP contribution >= 0.6 is 0 Å². The van der Waals surface area contributed by atoms with Gasteiger partial charge in [-0.25, -0.2) is 0 Å². The van der Waals surface area contributed by atoms with E-state index in [1.54, 1.807) is 0 Å². The van der Waals surface area contributed by atoms with Crippen LogP contribution in [-0.4, -0.2) is 73.9 Å². The van der Waals surface area contributed by atoms with E-state index in [-0.39, 0.29) is 25.7 Å². The number of rotatable bonds is 16. The van der Waals surface area contributed by atoms with Crippen LogP contribution in [0.25, 0.3) is 0 Å². The Kier molecular flexibility index (Phi) is 14.4. The molecule has 0 saturated carbocycles. The number of carbonyl (C=O) groups excluding carboxylic acids is 1. The van der Waals surface area contributed by atoms with E-state index in [0.717, 1.165) is 27.8 Å². The van der Waals surface area contributed by atoms with Gasteiger partial charge in [0.1, 0.15) is 42.7 Å². The summed E-state index contributed by atoms with van der Waals surface area (Å²) in [6, 6.07) is 48.6. The molecule has 0 spiro atoms. The summed E-state index contributed by atoms with van der Waals surface area (Å²) in [5, 5.41) is 3.10. The van der Waals surface area contributed by atoms with E-state index in [0.29, 0.717) is 13.2 Å². The topological polar surface area (TPSA) is 112 Å². The Bertz CT molecular complexity index is 2030. The molecular weight excluding hydrogens is 763 g/mol. The average molecular weight is 816 g/mol. The SMILES string of the molecule is CC(=O)N[C@H]1C(O[C@@H]2OC(C)[C@@H](OCc3ccccc3)[C@H](OCc3ccccc3)[C@@H]2OCc2ccccc2)[C@@H]2OC(c3ccccc3)OCC2O[C@@H]1OCc1ccccc1. The standard InChI is InChI=1S/C49H53NO10/c1-33-42(52-28-35-18-8-3-9-19-35)45(53-29-36-20-10-4-11-21-36)46(54-30-37-22-12-5-13-23-37)49(57-33)60-44-41(50-34(2)51)48(55-31-38-24-14-6-15-25-38)58-40-32-56-47(59-43(40)44)39-26-16-7-17-27-39/h3-27,33,40-49H,28-32H2,1-2H3,(H,50,51)/t33?,40?,41-,42+,43+,44?,45-,46-,47?,48-,49-/m0/s1. The second-order valence-corrected chi connectivity index (χ2v) is 15.3. The highest BCUT2D eigenvalue weighted by Gasteiger charge is 2.55. The fraction of sp³-hybridized carbons (Fsp3) is 0.367. The van der Waals surface area contributed by atoms with Crippen molar-refractivity contribution >= 4 is 5.91 Å². The lowest BCUT2D eigenvalue weighted by atomic mass is 9.94. The number of hydrogen-bond donors (Lipinski definition) is 1. The lowest BCUT2D eigenvalue weighted by Gasteiger charge is -2.52. The van der Waals surface area contributed by atoms with E-state index in [9.17, 15) is 4.79 Å². The number of carbonyl (C=O) groups is 1. The van der Waals surface area contributed by atoms with Gasteiger partial charge in [0.15, 0.2) is 18.9 Å². The Hall–Kier alpha value is -4.79. The van der Waals surface area contributed by atoms with Crippen molar-refractivity contribution in [3.8, 4) is 0 Å². The number of ether oxygens (including phenoxy) is 9. The van der Waals surface area contributed by atoms with Gasteiger partial charge in [-0.15, -0.1) is 0 Å². The molecule has 60 heavy (non-hydrogen) atoms. The molecule has 314 valence electrons. The van der Waals surface area contributed by atoms with E-state index in [2.05, 4.69) is 5.32 Å². The van der Waals surface area contributed by atoms with Crippen LogP contribution in [0, 0.1) is 0 Å². The average Bonchev–Trinajstić information content (AvgIpc) is 3.29. The largest absolute Gasteiger partial charge is 0.368 e. The van der Waals surface area contributed by atoms with Gasteiger partial charge in [0.05, 0.1) is 39.1 Å². The fourth-order valence-electron chi connectivity index (χ4n) is 7.93. The summed E-state index contributed by atoms with van der Waals surface area (Å²) in [6.45, 7) is 4.72. The van der Waals surface area contributed by atoms with Crippen molar-refractivity contribution in [3.05, 3.63) is 179 Å². The zero-order valence-corrected chi connectivity index (χ0v) is 33.9. The Morgan fingerprint density at radius 2 is 1.02 bits per heavy atom. The van der Waals surface area contributed by atoms with E-state index in [1.165, 1.54) is 6.92 Å². The van der Waals surface area contributed by atoms with Crippen LogP contribution in [-0.2, 0) is 73.9 Å². The molecule has 3 aliphatic rings. The molecule has 11 nitrogen and oxygen atoms in total. The van der Waals surface area contributed by atoms with Gasteiger partial charge >= 0.3 is 0 Å². The van der Waals surface area contributed by atoms with Crippen molar-refractivity contribution in [3.63, 3.8) is 0 Å². The molecule has 8 rings (SSSR count). The summed E-state index contributed by atoms with van der Waals surface area (Å²) < 4.78 is 60.6. The maximum atomic E-state index is 13.1. The zero-order chi connectivity index (χ0) is 41.1. The van der Waals surface area contributed by atoms with Crippen LogP contribution in [0.15, 0.2) is 152 Å². The van der Waals surface area contributed by atoms with Crippen molar-refractivity contribution in [1.82, 2.24) is 5.32 Å². The summed E-state index contributed by atoms with van der Waals surface area (Å²) in [4.78, 5) is 13.1. The van der Waals surface area contributed by atoms with Gasteiger partial charge in [-0.1, -0.05) is 152 Å². The van der Waals surface area contributed by atoms with Crippen LogP contribution in [0.5, 0.6) is 0 Å². The quantitative estimate of drug-likeness (QED) is 0.108. The van der Waals surface area contributed by atoms with Crippen LogP contribution in [0.2, 0.25) is 0 Å². The van der Waals surface area contributed by atoms with Crippen molar-refractivity contribution in [2.75, 3.05) is 6.61 Å². The Morgan fingerprint density at radius 1 is 0.550 bits per heavy atom. The summed E-state index contributed by atoms with van der Waals surface area (Å²) in [7, 11) is 0. The molecule has 1 amide bonds. The number of nitrogens with one attached hydrogen (secondary N) is 1. The highest BCUT2D eigenvalue weighted by atomic mass is 16.8. The predicted molar refractivity (Wildman–Crippen MR) is 222 cm³/mol. The molecule has 3 saturated heterocycles. The zero-order valence-electron chi connectivity index (χ0n) is 33.9. The molecule has 11 atom stereocenters. The third kappa shape index (κ3) is 10.7. The van der Waals surface area contributed by atoms with Crippen molar-refractivity contribution in [2.45, 2.75) is 108 Å². The molecule has 3 heterocycles. The summed E-state index contributed by atoms with van der Waals surface area (Å²) in [6.07, 6.45) is -7.38. The summed E-state index contributed by atoms with van der Waals surface area (Å²) in [5.41, 5.74) is 4.77. The molecule has 3 aliphatic heterocycles. The molecule has 0 aromatic heterocycles. The smallest absolute Gasteiger partial charge is 0.217 e. The van der Waals surface area contributed by atoms with Crippen molar-refractivity contribution in [2.24, 2.45) is 0 Å². The monoisotopic (exact) mass is 815 g/mol. The highest BCUT2D eigenvalue weighted by Crippen LogP contribution is 2.39. The molecule has 0 bridgehead atoms. The van der Waals surface area contributed by atoms with Gasteiger partial charge in [-0.3, -0.25) is 4.79 Å².